The van der Waals surface area contributed by atoms with Gasteiger partial charge in [-0.05, 0) is 31.0 Å². The molecule has 0 spiro atoms. The molecule has 0 bridgehead atoms. The third kappa shape index (κ3) is 4.37. The van der Waals surface area contributed by atoms with Crippen molar-refractivity contribution in [3.05, 3.63) is 51.7 Å². The van der Waals surface area contributed by atoms with Crippen molar-refractivity contribution < 1.29 is 18.8 Å². The van der Waals surface area contributed by atoms with Crippen molar-refractivity contribution in [1.82, 2.24) is 25.0 Å². The first kappa shape index (κ1) is 22.3. The van der Waals surface area contributed by atoms with Crippen molar-refractivity contribution in [1.29, 1.82) is 0 Å². The molecule has 1 aromatic heterocycles. The number of carbonyl (C=O) groups is 3. The quantitative estimate of drug-likeness (QED) is 0.668. The van der Waals surface area contributed by atoms with Crippen LogP contribution in [-0.4, -0.2) is 70.3 Å². The minimum absolute atomic E-state index is 0.265. The molecule has 0 saturated carbocycles. The van der Waals surface area contributed by atoms with Gasteiger partial charge in [0.25, 0.3) is 5.91 Å². The standard InChI is InChI=1S/C22H26FN5O3S/c1-3-18-24-17(14-32-18)12-26-8-10-27(11-9-26)19(29)13-28-20(30)22(2,25-21(28)31)15-4-6-16(23)7-5-15/h4-7,14H,3,8-13H2,1-2H3,(H,25,31). The number of carbonyl (C=O) groups excluding carboxylic acids is 3. The largest absolute Gasteiger partial charge is 0.339 e. The molecule has 2 saturated heterocycles. The predicted octanol–water partition coefficient (Wildman–Crippen LogP) is 1.96. The number of hydrogen-bond acceptors (Lipinski definition) is 6. The smallest absolute Gasteiger partial charge is 0.325 e. The molecule has 1 N–H and O–H groups in total. The summed E-state index contributed by atoms with van der Waals surface area (Å²) < 4.78 is 13.3. The Bertz CT molecular complexity index is 1020. The zero-order valence-electron chi connectivity index (χ0n) is 18.1. The summed E-state index contributed by atoms with van der Waals surface area (Å²) in [6, 6.07) is 4.78. The van der Waals surface area contributed by atoms with Gasteiger partial charge in [-0.2, -0.15) is 0 Å². The molecule has 170 valence electrons. The lowest BCUT2D eigenvalue weighted by atomic mass is 9.92. The molecule has 0 radical (unpaired) electrons. The third-order valence-electron chi connectivity index (χ3n) is 6.00. The highest BCUT2D eigenvalue weighted by Crippen LogP contribution is 2.29. The zero-order chi connectivity index (χ0) is 22.9. The number of nitrogens with one attached hydrogen (secondary N) is 1. The normalized spacial score (nSPS) is 21.8. The molecule has 1 unspecified atom stereocenters. The lowest BCUT2D eigenvalue weighted by Crippen LogP contribution is -2.51. The van der Waals surface area contributed by atoms with Crippen molar-refractivity contribution in [3.8, 4) is 0 Å². The molecule has 10 heteroatoms. The Morgan fingerprint density at radius 2 is 1.88 bits per heavy atom. The Labute approximate surface area is 190 Å². The van der Waals surface area contributed by atoms with Crippen LogP contribution in [0.5, 0.6) is 0 Å². The molecule has 8 nitrogen and oxygen atoms in total. The van der Waals surface area contributed by atoms with Gasteiger partial charge in [-0.1, -0.05) is 19.1 Å². The van der Waals surface area contributed by atoms with E-state index in [0.29, 0.717) is 31.7 Å². The average Bonchev–Trinajstić information content (AvgIpc) is 3.32. The fraction of sp³-hybridized carbons (Fsp3) is 0.455. The lowest BCUT2D eigenvalue weighted by molar-refractivity contribution is -0.140. The van der Waals surface area contributed by atoms with E-state index >= 15 is 0 Å². The van der Waals surface area contributed by atoms with Gasteiger partial charge >= 0.3 is 6.03 Å². The first-order valence-electron chi connectivity index (χ1n) is 10.6. The second-order valence-corrected chi connectivity index (χ2v) is 9.14. The highest BCUT2D eigenvalue weighted by atomic mass is 32.1. The molecular formula is C22H26FN5O3S. The molecule has 32 heavy (non-hydrogen) atoms. The fourth-order valence-electron chi connectivity index (χ4n) is 4.02. The summed E-state index contributed by atoms with van der Waals surface area (Å²) in [7, 11) is 0. The number of benzene rings is 1. The number of hydrogen-bond donors (Lipinski definition) is 1. The molecule has 2 aliphatic rings. The van der Waals surface area contributed by atoms with Crippen LogP contribution in [0, 0.1) is 5.82 Å². The number of aromatic nitrogens is 1. The molecule has 1 aromatic carbocycles. The van der Waals surface area contributed by atoms with Gasteiger partial charge in [0.2, 0.25) is 5.91 Å². The minimum atomic E-state index is -1.32. The highest BCUT2D eigenvalue weighted by molar-refractivity contribution is 7.09. The number of imide groups is 1. The number of amides is 4. The maximum Gasteiger partial charge on any atom is 0.325 e. The van der Waals surface area contributed by atoms with E-state index in [0.717, 1.165) is 28.6 Å². The third-order valence-corrected chi connectivity index (χ3v) is 7.04. The van der Waals surface area contributed by atoms with Crippen LogP contribution in [0.4, 0.5) is 9.18 Å². The Morgan fingerprint density at radius 3 is 2.50 bits per heavy atom. The van der Waals surface area contributed by atoms with Gasteiger partial charge in [-0.25, -0.2) is 14.2 Å². The first-order chi connectivity index (χ1) is 15.3. The van der Waals surface area contributed by atoms with Gasteiger partial charge in [-0.15, -0.1) is 11.3 Å². The van der Waals surface area contributed by atoms with Crippen molar-refractivity contribution in [2.45, 2.75) is 32.4 Å². The van der Waals surface area contributed by atoms with Gasteiger partial charge in [0.15, 0.2) is 0 Å². The van der Waals surface area contributed by atoms with Crippen molar-refractivity contribution in [2.24, 2.45) is 0 Å². The number of rotatable bonds is 6. The number of thiazole rings is 1. The summed E-state index contributed by atoms with van der Waals surface area (Å²) in [5.74, 6) is -1.21. The molecule has 2 aliphatic heterocycles. The summed E-state index contributed by atoms with van der Waals surface area (Å²) in [5, 5.41) is 5.84. The Hall–Kier alpha value is -2.85. The van der Waals surface area contributed by atoms with Crippen LogP contribution in [-0.2, 0) is 28.1 Å². The van der Waals surface area contributed by atoms with E-state index in [1.165, 1.54) is 24.3 Å². The predicted molar refractivity (Wildman–Crippen MR) is 117 cm³/mol. The van der Waals surface area contributed by atoms with Crippen molar-refractivity contribution in [3.63, 3.8) is 0 Å². The molecule has 3 heterocycles. The van der Waals surface area contributed by atoms with Crippen LogP contribution in [0.15, 0.2) is 29.6 Å². The SMILES string of the molecule is CCc1nc(CN2CCN(C(=O)CN3C(=O)NC(C)(c4ccc(F)cc4)C3=O)CC2)cs1. The number of aryl methyl sites for hydroxylation is 1. The minimum Gasteiger partial charge on any atom is -0.339 e. The number of piperazine rings is 1. The summed E-state index contributed by atoms with van der Waals surface area (Å²) in [6.45, 7) is 6.56. The van der Waals surface area contributed by atoms with Crippen molar-refractivity contribution >= 4 is 29.2 Å². The zero-order valence-corrected chi connectivity index (χ0v) is 19.0. The maximum atomic E-state index is 13.3. The fourth-order valence-corrected chi connectivity index (χ4v) is 4.76. The van der Waals surface area contributed by atoms with Crippen LogP contribution in [0.1, 0.15) is 30.1 Å². The van der Waals surface area contributed by atoms with Gasteiger partial charge in [0.05, 0.1) is 10.7 Å². The Morgan fingerprint density at radius 1 is 1.19 bits per heavy atom. The monoisotopic (exact) mass is 459 g/mol. The van der Waals surface area contributed by atoms with Gasteiger partial charge < -0.3 is 10.2 Å². The summed E-state index contributed by atoms with van der Waals surface area (Å²) in [4.78, 5) is 47.7. The second-order valence-electron chi connectivity index (χ2n) is 8.20. The Balaban J connectivity index is 1.33. The molecule has 4 rings (SSSR count). The number of urea groups is 1. The Kier molecular flexibility index (Phi) is 6.25. The van der Waals surface area contributed by atoms with E-state index < -0.39 is 23.3 Å². The van der Waals surface area contributed by atoms with E-state index in [2.05, 4.69) is 27.5 Å². The van der Waals surface area contributed by atoms with Crippen LogP contribution in [0.2, 0.25) is 0 Å². The number of nitrogens with zero attached hydrogens (tertiary/aromatic N) is 4. The summed E-state index contributed by atoms with van der Waals surface area (Å²) in [5.41, 5.74) is 0.189. The molecule has 2 fully saturated rings. The van der Waals surface area contributed by atoms with Crippen LogP contribution in [0.3, 0.4) is 0 Å². The number of halogens is 1. The van der Waals surface area contributed by atoms with Crippen LogP contribution in [0.25, 0.3) is 0 Å². The van der Waals surface area contributed by atoms with E-state index in [9.17, 15) is 18.8 Å². The second kappa shape index (κ2) is 8.95. The molecular weight excluding hydrogens is 433 g/mol. The average molecular weight is 460 g/mol. The van der Waals surface area contributed by atoms with E-state index in [1.54, 1.807) is 23.2 Å². The maximum absolute atomic E-state index is 13.3. The van der Waals surface area contributed by atoms with Gasteiger partial charge in [0, 0.05) is 38.1 Å². The van der Waals surface area contributed by atoms with Crippen LogP contribution < -0.4 is 5.32 Å². The first-order valence-corrected chi connectivity index (χ1v) is 11.5. The molecule has 2 aromatic rings. The van der Waals surface area contributed by atoms with E-state index in [4.69, 9.17) is 0 Å². The lowest BCUT2D eigenvalue weighted by Gasteiger charge is -2.35. The van der Waals surface area contributed by atoms with Gasteiger partial charge in [0.1, 0.15) is 17.9 Å². The molecule has 4 amide bonds. The van der Waals surface area contributed by atoms with Gasteiger partial charge in [-0.3, -0.25) is 19.4 Å². The van der Waals surface area contributed by atoms with Crippen molar-refractivity contribution in [2.75, 3.05) is 32.7 Å². The summed E-state index contributed by atoms with van der Waals surface area (Å²) in [6.07, 6.45) is 0.927. The highest BCUT2D eigenvalue weighted by Gasteiger charge is 2.49. The van der Waals surface area contributed by atoms with E-state index in [1.807, 2.05) is 0 Å². The molecule has 1 atom stereocenters. The van der Waals surface area contributed by atoms with E-state index in [-0.39, 0.29) is 12.5 Å². The molecule has 0 aliphatic carbocycles. The van der Waals surface area contributed by atoms with Crippen LogP contribution >= 0.6 is 11.3 Å². The topological polar surface area (TPSA) is 85.8 Å². The summed E-state index contributed by atoms with van der Waals surface area (Å²) >= 11 is 1.66.